The van der Waals surface area contributed by atoms with Gasteiger partial charge in [0.1, 0.15) is 5.66 Å². The second kappa shape index (κ2) is 6.15. The summed E-state index contributed by atoms with van der Waals surface area (Å²) in [6.45, 7) is 5.46. The molecule has 2 amide bonds. The lowest BCUT2D eigenvalue weighted by Crippen LogP contribution is -2.62. The minimum atomic E-state index is -0.438. The van der Waals surface area contributed by atoms with Crippen LogP contribution in [0.3, 0.4) is 0 Å². The zero-order valence-corrected chi connectivity index (χ0v) is 15.1. The first-order valence-electron chi connectivity index (χ1n) is 8.06. The van der Waals surface area contributed by atoms with E-state index in [9.17, 15) is 9.59 Å². The first-order valence-corrected chi connectivity index (χ1v) is 8.86. The number of amides is 2. The SMILES string of the molecule is CC(C)CC(=O)N1CCC2(CC1)NC(=O)c1cc(Br)ccc1N2. The van der Waals surface area contributed by atoms with E-state index < -0.39 is 5.66 Å². The Morgan fingerprint density at radius 1 is 1.30 bits per heavy atom. The molecule has 5 nitrogen and oxygen atoms in total. The maximum absolute atomic E-state index is 12.4. The molecule has 2 aliphatic heterocycles. The average Bonchev–Trinajstić information content (AvgIpc) is 2.48. The van der Waals surface area contributed by atoms with Crippen molar-refractivity contribution in [1.29, 1.82) is 0 Å². The van der Waals surface area contributed by atoms with Crippen LogP contribution in [0.4, 0.5) is 5.69 Å². The summed E-state index contributed by atoms with van der Waals surface area (Å²) in [5.74, 6) is 0.527. The molecule has 2 aliphatic rings. The van der Waals surface area contributed by atoms with Gasteiger partial charge < -0.3 is 15.5 Å². The number of hydrogen-bond acceptors (Lipinski definition) is 3. The van der Waals surface area contributed by atoms with Gasteiger partial charge in [0.25, 0.3) is 5.91 Å². The number of carbonyl (C=O) groups is 2. The van der Waals surface area contributed by atoms with Gasteiger partial charge in [0, 0.05) is 42.5 Å². The highest BCUT2D eigenvalue weighted by Crippen LogP contribution is 2.33. The maximum Gasteiger partial charge on any atom is 0.255 e. The number of hydrogen-bond donors (Lipinski definition) is 2. The van der Waals surface area contributed by atoms with Crippen molar-refractivity contribution >= 4 is 33.4 Å². The Kier molecular flexibility index (Phi) is 4.36. The van der Waals surface area contributed by atoms with Crippen molar-refractivity contribution in [3.05, 3.63) is 28.2 Å². The van der Waals surface area contributed by atoms with Crippen molar-refractivity contribution in [1.82, 2.24) is 10.2 Å². The minimum absolute atomic E-state index is 0.0537. The molecule has 0 saturated carbocycles. The molecule has 1 spiro atoms. The van der Waals surface area contributed by atoms with Gasteiger partial charge in [0.15, 0.2) is 0 Å². The highest BCUT2D eigenvalue weighted by molar-refractivity contribution is 9.10. The molecule has 23 heavy (non-hydrogen) atoms. The monoisotopic (exact) mass is 379 g/mol. The van der Waals surface area contributed by atoms with E-state index in [1.807, 2.05) is 23.1 Å². The van der Waals surface area contributed by atoms with Crippen molar-refractivity contribution in [2.24, 2.45) is 5.92 Å². The van der Waals surface area contributed by atoms with E-state index in [4.69, 9.17) is 0 Å². The maximum atomic E-state index is 12.4. The smallest absolute Gasteiger partial charge is 0.255 e. The molecule has 3 rings (SSSR count). The zero-order chi connectivity index (χ0) is 16.6. The van der Waals surface area contributed by atoms with Crippen molar-refractivity contribution in [3.63, 3.8) is 0 Å². The fraction of sp³-hybridized carbons (Fsp3) is 0.529. The number of carbonyl (C=O) groups excluding carboxylic acids is 2. The summed E-state index contributed by atoms with van der Waals surface area (Å²) >= 11 is 3.40. The van der Waals surface area contributed by atoms with Crippen LogP contribution in [0.2, 0.25) is 0 Å². The van der Waals surface area contributed by atoms with Crippen LogP contribution in [0.15, 0.2) is 22.7 Å². The summed E-state index contributed by atoms with van der Waals surface area (Å²) in [7, 11) is 0. The molecule has 0 bridgehead atoms. The number of nitrogens with zero attached hydrogens (tertiary/aromatic N) is 1. The molecular formula is C17H22BrN3O2. The van der Waals surface area contributed by atoms with Gasteiger partial charge in [-0.05, 0) is 24.1 Å². The Morgan fingerprint density at radius 3 is 2.65 bits per heavy atom. The van der Waals surface area contributed by atoms with Gasteiger partial charge in [-0.25, -0.2) is 0 Å². The molecule has 2 N–H and O–H groups in total. The molecule has 0 unspecified atom stereocenters. The van der Waals surface area contributed by atoms with Gasteiger partial charge in [0.05, 0.1) is 5.56 Å². The lowest BCUT2D eigenvalue weighted by molar-refractivity contribution is -0.133. The minimum Gasteiger partial charge on any atom is -0.362 e. The predicted molar refractivity (Wildman–Crippen MR) is 93.2 cm³/mol. The first-order chi connectivity index (χ1) is 10.9. The van der Waals surface area contributed by atoms with Gasteiger partial charge in [0.2, 0.25) is 5.91 Å². The van der Waals surface area contributed by atoms with E-state index in [0.717, 1.165) is 23.0 Å². The molecule has 1 aromatic carbocycles. The number of likely N-dealkylation sites (tertiary alicyclic amines) is 1. The third-order valence-electron chi connectivity index (χ3n) is 4.51. The molecule has 1 aromatic rings. The van der Waals surface area contributed by atoms with Crippen molar-refractivity contribution in [3.8, 4) is 0 Å². The van der Waals surface area contributed by atoms with E-state index in [2.05, 4.69) is 40.4 Å². The average molecular weight is 380 g/mol. The Morgan fingerprint density at radius 2 is 2.00 bits per heavy atom. The van der Waals surface area contributed by atoms with Gasteiger partial charge in [-0.2, -0.15) is 0 Å². The number of anilines is 1. The van der Waals surface area contributed by atoms with E-state index in [1.54, 1.807) is 0 Å². The fourth-order valence-electron chi connectivity index (χ4n) is 3.25. The molecule has 1 saturated heterocycles. The van der Waals surface area contributed by atoms with Gasteiger partial charge in [-0.3, -0.25) is 9.59 Å². The van der Waals surface area contributed by atoms with E-state index >= 15 is 0 Å². The number of fused-ring (bicyclic) bond motifs is 1. The standard InChI is InChI=1S/C17H22BrN3O2/c1-11(2)9-15(22)21-7-5-17(6-8-21)19-14-4-3-12(18)10-13(14)16(23)20-17/h3-4,10-11,19H,5-9H2,1-2H3,(H,20,23). The predicted octanol–water partition coefficient (Wildman–Crippen LogP) is 2.97. The van der Waals surface area contributed by atoms with Crippen molar-refractivity contribution < 1.29 is 9.59 Å². The quantitative estimate of drug-likeness (QED) is 0.830. The summed E-state index contributed by atoms with van der Waals surface area (Å²) in [6, 6.07) is 5.68. The van der Waals surface area contributed by atoms with Crippen molar-refractivity contribution in [2.75, 3.05) is 18.4 Å². The molecule has 0 aliphatic carbocycles. The van der Waals surface area contributed by atoms with Crippen LogP contribution in [0.5, 0.6) is 0 Å². The van der Waals surface area contributed by atoms with Gasteiger partial charge in [-0.1, -0.05) is 29.8 Å². The molecule has 0 aromatic heterocycles. The summed E-state index contributed by atoms with van der Waals surface area (Å²) in [4.78, 5) is 26.5. The van der Waals surface area contributed by atoms with Crippen LogP contribution in [0.25, 0.3) is 0 Å². The summed E-state index contributed by atoms with van der Waals surface area (Å²) in [5.41, 5.74) is 1.08. The zero-order valence-electron chi connectivity index (χ0n) is 13.5. The second-order valence-electron chi connectivity index (χ2n) is 6.83. The normalized spacial score (nSPS) is 19.3. The lowest BCUT2D eigenvalue weighted by Gasteiger charge is -2.46. The van der Waals surface area contributed by atoms with Gasteiger partial charge in [-0.15, -0.1) is 0 Å². The molecule has 2 heterocycles. The number of rotatable bonds is 2. The number of piperidine rings is 1. The molecule has 6 heteroatoms. The third-order valence-corrected chi connectivity index (χ3v) is 5.00. The highest BCUT2D eigenvalue weighted by atomic mass is 79.9. The number of halogens is 1. The summed E-state index contributed by atoms with van der Waals surface area (Å²) in [6.07, 6.45) is 2.03. The Labute approximate surface area is 144 Å². The number of nitrogens with one attached hydrogen (secondary N) is 2. The molecule has 1 fully saturated rings. The molecule has 124 valence electrons. The molecule has 0 atom stereocenters. The largest absolute Gasteiger partial charge is 0.362 e. The van der Waals surface area contributed by atoms with Crippen LogP contribution < -0.4 is 10.6 Å². The first kappa shape index (κ1) is 16.3. The lowest BCUT2D eigenvalue weighted by atomic mass is 9.92. The number of benzene rings is 1. The highest BCUT2D eigenvalue weighted by Gasteiger charge is 2.40. The van der Waals surface area contributed by atoms with Crippen LogP contribution >= 0.6 is 15.9 Å². The third kappa shape index (κ3) is 3.37. The Balaban J connectivity index is 1.70. The fourth-order valence-corrected chi connectivity index (χ4v) is 3.61. The van der Waals surface area contributed by atoms with Crippen LogP contribution in [0, 0.1) is 5.92 Å². The van der Waals surface area contributed by atoms with Crippen LogP contribution in [0.1, 0.15) is 43.5 Å². The van der Waals surface area contributed by atoms with E-state index in [1.165, 1.54) is 0 Å². The van der Waals surface area contributed by atoms with Crippen molar-refractivity contribution in [2.45, 2.75) is 38.8 Å². The second-order valence-corrected chi connectivity index (χ2v) is 7.75. The topological polar surface area (TPSA) is 61.4 Å². The Bertz CT molecular complexity index is 637. The van der Waals surface area contributed by atoms with E-state index in [0.29, 0.717) is 31.0 Å². The molecule has 0 radical (unpaired) electrons. The van der Waals surface area contributed by atoms with Crippen LogP contribution in [-0.4, -0.2) is 35.5 Å². The summed E-state index contributed by atoms with van der Waals surface area (Å²) < 4.78 is 0.887. The van der Waals surface area contributed by atoms with Gasteiger partial charge >= 0.3 is 0 Å². The van der Waals surface area contributed by atoms with E-state index in [-0.39, 0.29) is 11.8 Å². The summed E-state index contributed by atoms with van der Waals surface area (Å²) in [5, 5.41) is 6.59. The van der Waals surface area contributed by atoms with Crippen LogP contribution in [-0.2, 0) is 4.79 Å². The molecular weight excluding hydrogens is 358 g/mol. The Hall–Kier alpha value is -1.56.